The largest absolute Gasteiger partial charge is 0.306 e. The van der Waals surface area contributed by atoms with E-state index < -0.39 is 0 Å². The lowest BCUT2D eigenvalue weighted by Gasteiger charge is -1.92. The number of nitrogens with zero attached hydrogens (tertiary/aromatic N) is 3. The van der Waals surface area contributed by atoms with Crippen LogP contribution in [0.15, 0.2) is 48.8 Å². The van der Waals surface area contributed by atoms with Crippen LogP contribution < -0.4 is 0 Å². The third kappa shape index (κ3) is 1.72. The molecular weight excluding hydrogens is 254 g/mol. The Hall–Kier alpha value is -2.20. The molecule has 92 valence electrons. The Morgan fingerprint density at radius 3 is 2.79 bits per heavy atom. The molecule has 0 spiro atoms. The molecule has 0 aliphatic rings. The van der Waals surface area contributed by atoms with Crippen LogP contribution in [0, 0.1) is 6.92 Å². The van der Waals surface area contributed by atoms with Crippen molar-refractivity contribution in [2.24, 2.45) is 0 Å². The fraction of sp³-hybridized carbons (Fsp3) is 0.0667. The number of aromatic nitrogens is 3. The van der Waals surface area contributed by atoms with Gasteiger partial charge in [0.2, 0.25) is 0 Å². The molecule has 0 aliphatic heterocycles. The maximum absolute atomic E-state index is 4.64. The van der Waals surface area contributed by atoms with Crippen LogP contribution in [-0.2, 0) is 0 Å². The van der Waals surface area contributed by atoms with Crippen molar-refractivity contribution in [3.8, 4) is 10.7 Å². The first kappa shape index (κ1) is 10.7. The van der Waals surface area contributed by atoms with Crippen molar-refractivity contribution in [1.82, 2.24) is 14.4 Å². The van der Waals surface area contributed by atoms with Gasteiger partial charge in [0.25, 0.3) is 0 Å². The van der Waals surface area contributed by atoms with Gasteiger partial charge >= 0.3 is 0 Å². The lowest BCUT2D eigenvalue weighted by Crippen LogP contribution is -1.82. The highest BCUT2D eigenvalue weighted by Crippen LogP contribution is 2.29. The van der Waals surface area contributed by atoms with E-state index in [0.717, 1.165) is 21.9 Å². The first-order chi connectivity index (χ1) is 9.29. The topological polar surface area (TPSA) is 30.2 Å². The average molecular weight is 265 g/mol. The Balaban J connectivity index is 1.93. The molecule has 0 unspecified atom stereocenters. The minimum atomic E-state index is 0.937. The summed E-state index contributed by atoms with van der Waals surface area (Å²) < 4.78 is 3.25. The molecule has 3 aromatic heterocycles. The minimum absolute atomic E-state index is 0.937. The summed E-state index contributed by atoms with van der Waals surface area (Å²) in [5.41, 5.74) is 4.16. The number of benzene rings is 1. The summed E-state index contributed by atoms with van der Waals surface area (Å²) in [6, 6.07) is 12.3. The highest BCUT2D eigenvalue weighted by Gasteiger charge is 2.09. The number of thiazole rings is 1. The van der Waals surface area contributed by atoms with Crippen molar-refractivity contribution in [1.29, 1.82) is 0 Å². The summed E-state index contributed by atoms with van der Waals surface area (Å²) in [6.07, 6.45) is 4.12. The second-order valence-electron chi connectivity index (χ2n) is 4.58. The highest BCUT2D eigenvalue weighted by atomic mass is 32.1. The summed E-state index contributed by atoms with van der Waals surface area (Å²) in [6.45, 7) is 2.08. The number of aryl methyl sites for hydroxylation is 1. The maximum Gasteiger partial charge on any atom is 0.144 e. The van der Waals surface area contributed by atoms with E-state index in [1.807, 2.05) is 30.5 Å². The molecule has 3 heterocycles. The summed E-state index contributed by atoms with van der Waals surface area (Å²) in [5.74, 6) is 0. The summed E-state index contributed by atoms with van der Waals surface area (Å²) in [7, 11) is 0. The monoisotopic (exact) mass is 265 g/mol. The van der Waals surface area contributed by atoms with Gasteiger partial charge in [0.15, 0.2) is 0 Å². The smallest absolute Gasteiger partial charge is 0.144 e. The quantitative estimate of drug-likeness (QED) is 0.522. The number of pyridine rings is 1. The zero-order valence-corrected chi connectivity index (χ0v) is 11.2. The van der Waals surface area contributed by atoms with Crippen molar-refractivity contribution < 1.29 is 0 Å². The third-order valence-corrected chi connectivity index (χ3v) is 4.17. The number of para-hydroxylation sites is 1. The zero-order chi connectivity index (χ0) is 12.8. The molecule has 0 atom stereocenters. The van der Waals surface area contributed by atoms with Gasteiger partial charge in [-0.25, -0.2) is 9.97 Å². The summed E-state index contributed by atoms with van der Waals surface area (Å²) >= 11 is 1.68. The molecule has 0 aliphatic carbocycles. The molecule has 1 aromatic carbocycles. The molecule has 3 nitrogen and oxygen atoms in total. The van der Waals surface area contributed by atoms with Crippen LogP contribution in [0.4, 0.5) is 0 Å². The Kier molecular flexibility index (Phi) is 2.19. The highest BCUT2D eigenvalue weighted by molar-refractivity contribution is 7.21. The van der Waals surface area contributed by atoms with E-state index >= 15 is 0 Å². The number of imidazole rings is 1. The van der Waals surface area contributed by atoms with Crippen molar-refractivity contribution in [3.63, 3.8) is 0 Å². The van der Waals surface area contributed by atoms with Gasteiger partial charge in [-0.3, -0.25) is 0 Å². The van der Waals surface area contributed by atoms with Gasteiger partial charge in [0.05, 0.1) is 10.2 Å². The predicted octanol–water partition coefficient (Wildman–Crippen LogP) is 3.92. The SMILES string of the molecule is Cc1ccc2nc(-c3nc4ccccc4s3)cn2c1. The van der Waals surface area contributed by atoms with Crippen LogP contribution in [0.3, 0.4) is 0 Å². The molecule has 0 fully saturated rings. The van der Waals surface area contributed by atoms with Gasteiger partial charge in [-0.2, -0.15) is 0 Å². The molecule has 0 saturated heterocycles. The Bertz CT molecular complexity index is 856. The van der Waals surface area contributed by atoms with Gasteiger partial charge in [-0.05, 0) is 30.7 Å². The van der Waals surface area contributed by atoms with Crippen LogP contribution in [0.2, 0.25) is 0 Å². The molecule has 4 rings (SSSR count). The molecule has 0 N–H and O–H groups in total. The van der Waals surface area contributed by atoms with Crippen LogP contribution in [0.1, 0.15) is 5.56 Å². The second-order valence-corrected chi connectivity index (χ2v) is 5.62. The van der Waals surface area contributed by atoms with E-state index in [2.05, 4.69) is 39.6 Å². The second kappa shape index (κ2) is 3.90. The predicted molar refractivity (Wildman–Crippen MR) is 78.5 cm³/mol. The zero-order valence-electron chi connectivity index (χ0n) is 10.4. The van der Waals surface area contributed by atoms with Crippen LogP contribution in [0.5, 0.6) is 0 Å². The summed E-state index contributed by atoms with van der Waals surface area (Å²) in [5, 5.41) is 0.975. The molecule has 0 saturated carbocycles. The Morgan fingerprint density at radius 2 is 1.89 bits per heavy atom. The van der Waals surface area contributed by atoms with E-state index in [0.29, 0.717) is 0 Å². The Labute approximate surface area is 114 Å². The average Bonchev–Trinajstić information content (AvgIpc) is 3.00. The molecule has 19 heavy (non-hydrogen) atoms. The van der Waals surface area contributed by atoms with Gasteiger partial charge < -0.3 is 4.40 Å². The lowest BCUT2D eigenvalue weighted by molar-refractivity contribution is 1.16. The molecule has 0 radical (unpaired) electrons. The third-order valence-electron chi connectivity index (χ3n) is 3.11. The lowest BCUT2D eigenvalue weighted by atomic mass is 10.3. The first-order valence-corrected chi connectivity index (χ1v) is 6.92. The van der Waals surface area contributed by atoms with Crippen molar-refractivity contribution in [2.75, 3.05) is 0 Å². The molecule has 0 bridgehead atoms. The van der Waals surface area contributed by atoms with E-state index in [-0.39, 0.29) is 0 Å². The fourth-order valence-corrected chi connectivity index (χ4v) is 3.11. The van der Waals surface area contributed by atoms with E-state index in [1.165, 1.54) is 10.3 Å². The van der Waals surface area contributed by atoms with Gasteiger partial charge in [0.1, 0.15) is 16.3 Å². The number of rotatable bonds is 1. The molecular formula is C15H11N3S. The standard InChI is InChI=1S/C15H11N3S/c1-10-6-7-14-16-12(9-18(14)8-10)15-17-11-4-2-3-5-13(11)19-15/h2-9H,1H3. The van der Waals surface area contributed by atoms with E-state index in [4.69, 9.17) is 0 Å². The first-order valence-electron chi connectivity index (χ1n) is 6.11. The molecule has 4 aromatic rings. The van der Waals surface area contributed by atoms with Gasteiger partial charge in [0, 0.05) is 12.4 Å². The minimum Gasteiger partial charge on any atom is -0.306 e. The number of hydrogen-bond acceptors (Lipinski definition) is 3. The normalized spacial score (nSPS) is 11.4. The van der Waals surface area contributed by atoms with Crippen molar-refractivity contribution >= 4 is 27.2 Å². The van der Waals surface area contributed by atoms with Crippen molar-refractivity contribution in [3.05, 3.63) is 54.4 Å². The molecule has 0 amide bonds. The van der Waals surface area contributed by atoms with Gasteiger partial charge in [-0.1, -0.05) is 18.2 Å². The fourth-order valence-electron chi connectivity index (χ4n) is 2.19. The van der Waals surface area contributed by atoms with Gasteiger partial charge in [-0.15, -0.1) is 11.3 Å². The molecule has 4 heteroatoms. The maximum atomic E-state index is 4.64. The summed E-state index contributed by atoms with van der Waals surface area (Å²) in [4.78, 5) is 9.27. The number of fused-ring (bicyclic) bond motifs is 2. The number of hydrogen-bond donors (Lipinski definition) is 0. The van der Waals surface area contributed by atoms with Crippen molar-refractivity contribution in [2.45, 2.75) is 6.92 Å². The Morgan fingerprint density at radius 1 is 1.00 bits per heavy atom. The van der Waals surface area contributed by atoms with Crippen LogP contribution in [0.25, 0.3) is 26.6 Å². The van der Waals surface area contributed by atoms with Crippen LogP contribution in [-0.4, -0.2) is 14.4 Å². The van der Waals surface area contributed by atoms with Crippen LogP contribution >= 0.6 is 11.3 Å². The van der Waals surface area contributed by atoms with E-state index in [9.17, 15) is 0 Å². The van der Waals surface area contributed by atoms with E-state index in [1.54, 1.807) is 11.3 Å².